The molecule has 0 spiro atoms. The molecular weight excluding hydrogens is 307 g/mol. The van der Waals surface area contributed by atoms with Crippen LogP contribution in [0.25, 0.3) is 16.4 Å². The predicted molar refractivity (Wildman–Crippen MR) is 78.9 cm³/mol. The van der Waals surface area contributed by atoms with Gasteiger partial charge in [-0.1, -0.05) is 16.6 Å². The van der Waals surface area contributed by atoms with E-state index in [4.69, 9.17) is 0 Å². The topological polar surface area (TPSA) is 80.9 Å². The van der Waals surface area contributed by atoms with Crippen molar-refractivity contribution in [3.05, 3.63) is 46.3 Å². The third-order valence-corrected chi connectivity index (χ3v) is 4.24. The molecular formula is C14H11FN4O2S. The van der Waals surface area contributed by atoms with Gasteiger partial charge in [0.1, 0.15) is 11.5 Å². The normalized spacial score (nSPS) is 10.9. The fourth-order valence-electron chi connectivity index (χ4n) is 1.97. The van der Waals surface area contributed by atoms with Crippen molar-refractivity contribution in [1.82, 2.24) is 20.0 Å². The second-order valence-corrected chi connectivity index (χ2v) is 5.83. The SMILES string of the molecule is Cc1nc(-n2nnc(C(=O)O)c2-c2ccc(F)cc2)sc1C. The molecule has 1 N–H and O–H groups in total. The van der Waals surface area contributed by atoms with Crippen molar-refractivity contribution >= 4 is 17.3 Å². The van der Waals surface area contributed by atoms with E-state index < -0.39 is 11.8 Å². The van der Waals surface area contributed by atoms with Crippen LogP contribution in [0.4, 0.5) is 4.39 Å². The van der Waals surface area contributed by atoms with Crippen molar-refractivity contribution in [2.75, 3.05) is 0 Å². The fraction of sp³-hybridized carbons (Fsp3) is 0.143. The Morgan fingerprint density at radius 3 is 2.50 bits per heavy atom. The molecule has 0 unspecified atom stereocenters. The van der Waals surface area contributed by atoms with Gasteiger partial charge in [0.2, 0.25) is 5.13 Å². The second kappa shape index (κ2) is 5.30. The van der Waals surface area contributed by atoms with Crippen LogP contribution in [0.1, 0.15) is 21.1 Å². The molecule has 8 heteroatoms. The first kappa shape index (κ1) is 14.3. The molecule has 112 valence electrons. The van der Waals surface area contributed by atoms with Gasteiger partial charge in [-0.15, -0.1) is 5.10 Å². The molecule has 2 aromatic heterocycles. The fourth-order valence-corrected chi connectivity index (χ4v) is 2.84. The molecule has 0 saturated heterocycles. The third-order valence-electron chi connectivity index (χ3n) is 3.19. The van der Waals surface area contributed by atoms with E-state index in [9.17, 15) is 14.3 Å². The lowest BCUT2D eigenvalue weighted by Crippen LogP contribution is -2.03. The number of aromatic nitrogens is 4. The van der Waals surface area contributed by atoms with E-state index >= 15 is 0 Å². The number of carbonyl (C=O) groups is 1. The Labute approximate surface area is 128 Å². The maximum absolute atomic E-state index is 13.1. The Balaban J connectivity index is 2.23. The van der Waals surface area contributed by atoms with Crippen LogP contribution >= 0.6 is 11.3 Å². The maximum atomic E-state index is 13.1. The van der Waals surface area contributed by atoms with Gasteiger partial charge in [-0.25, -0.2) is 14.2 Å². The lowest BCUT2D eigenvalue weighted by atomic mass is 10.1. The van der Waals surface area contributed by atoms with Gasteiger partial charge in [-0.3, -0.25) is 0 Å². The van der Waals surface area contributed by atoms with E-state index in [1.54, 1.807) is 0 Å². The van der Waals surface area contributed by atoms with Crippen LogP contribution in [0.15, 0.2) is 24.3 Å². The molecule has 0 bridgehead atoms. The molecule has 2 heterocycles. The quantitative estimate of drug-likeness (QED) is 0.803. The van der Waals surface area contributed by atoms with Gasteiger partial charge in [0.05, 0.1) is 5.69 Å². The number of rotatable bonds is 3. The molecule has 3 rings (SSSR count). The number of hydrogen-bond donors (Lipinski definition) is 1. The Hall–Kier alpha value is -2.61. The average Bonchev–Trinajstić information content (AvgIpc) is 3.04. The summed E-state index contributed by atoms with van der Waals surface area (Å²) in [4.78, 5) is 16.7. The molecule has 0 aliphatic heterocycles. The van der Waals surface area contributed by atoms with E-state index in [-0.39, 0.29) is 11.4 Å². The minimum atomic E-state index is -1.20. The highest BCUT2D eigenvalue weighted by Gasteiger charge is 2.23. The Bertz CT molecular complexity index is 835. The van der Waals surface area contributed by atoms with Crippen molar-refractivity contribution < 1.29 is 14.3 Å². The van der Waals surface area contributed by atoms with Gasteiger partial charge in [-0.05, 0) is 38.1 Å². The number of carboxylic acids is 1. The molecule has 0 atom stereocenters. The summed E-state index contributed by atoms with van der Waals surface area (Å²) in [5.41, 5.74) is 1.44. The van der Waals surface area contributed by atoms with Crippen LogP contribution in [-0.4, -0.2) is 31.1 Å². The van der Waals surface area contributed by atoms with E-state index in [2.05, 4.69) is 15.3 Å². The first-order valence-electron chi connectivity index (χ1n) is 6.36. The molecule has 0 aliphatic carbocycles. The highest BCUT2D eigenvalue weighted by Crippen LogP contribution is 2.28. The second-order valence-electron chi connectivity index (χ2n) is 4.65. The standard InChI is InChI=1S/C14H11FN4O2S/c1-7-8(2)22-14(16-7)19-12(11(13(20)21)17-18-19)9-3-5-10(15)6-4-9/h3-6H,1-2H3,(H,20,21). The van der Waals surface area contributed by atoms with Gasteiger partial charge in [0.15, 0.2) is 5.69 Å². The number of aryl methyl sites for hydroxylation is 2. The number of thiazole rings is 1. The third kappa shape index (κ3) is 2.37. The van der Waals surface area contributed by atoms with E-state index in [1.165, 1.54) is 40.3 Å². The van der Waals surface area contributed by atoms with Gasteiger partial charge >= 0.3 is 5.97 Å². The van der Waals surface area contributed by atoms with Gasteiger partial charge < -0.3 is 5.11 Å². The minimum absolute atomic E-state index is 0.197. The first-order valence-corrected chi connectivity index (χ1v) is 7.18. The van der Waals surface area contributed by atoms with Crippen molar-refractivity contribution in [1.29, 1.82) is 0 Å². The highest BCUT2D eigenvalue weighted by molar-refractivity contribution is 7.14. The number of hydrogen-bond acceptors (Lipinski definition) is 5. The number of carboxylic acid groups (broad SMARTS) is 1. The van der Waals surface area contributed by atoms with Crippen molar-refractivity contribution in [3.63, 3.8) is 0 Å². The van der Waals surface area contributed by atoms with Crippen LogP contribution in [0.5, 0.6) is 0 Å². The van der Waals surface area contributed by atoms with E-state index in [0.29, 0.717) is 10.7 Å². The zero-order chi connectivity index (χ0) is 15.9. The maximum Gasteiger partial charge on any atom is 0.358 e. The molecule has 0 aliphatic rings. The zero-order valence-corrected chi connectivity index (χ0v) is 12.6. The summed E-state index contributed by atoms with van der Waals surface area (Å²) in [7, 11) is 0. The summed E-state index contributed by atoms with van der Waals surface area (Å²) in [6.45, 7) is 3.78. The molecule has 0 saturated carbocycles. The molecule has 0 radical (unpaired) electrons. The van der Waals surface area contributed by atoms with Gasteiger partial charge in [0.25, 0.3) is 0 Å². The predicted octanol–water partition coefficient (Wildman–Crippen LogP) is 2.84. The van der Waals surface area contributed by atoms with Crippen LogP contribution in [0.2, 0.25) is 0 Å². The van der Waals surface area contributed by atoms with Crippen molar-refractivity contribution in [3.8, 4) is 16.4 Å². The summed E-state index contributed by atoms with van der Waals surface area (Å²) in [5, 5.41) is 17.4. The summed E-state index contributed by atoms with van der Waals surface area (Å²) in [6, 6.07) is 5.50. The lowest BCUT2D eigenvalue weighted by Gasteiger charge is -2.04. The van der Waals surface area contributed by atoms with Crippen LogP contribution in [0.3, 0.4) is 0 Å². The Morgan fingerprint density at radius 1 is 1.27 bits per heavy atom. The Kier molecular flexibility index (Phi) is 3.45. The van der Waals surface area contributed by atoms with Crippen LogP contribution in [0, 0.1) is 19.7 Å². The van der Waals surface area contributed by atoms with Crippen LogP contribution < -0.4 is 0 Å². The van der Waals surface area contributed by atoms with Crippen molar-refractivity contribution in [2.24, 2.45) is 0 Å². The summed E-state index contributed by atoms with van der Waals surface area (Å²) >= 11 is 1.39. The molecule has 22 heavy (non-hydrogen) atoms. The summed E-state index contributed by atoms with van der Waals surface area (Å²) < 4.78 is 14.5. The Morgan fingerprint density at radius 2 is 1.95 bits per heavy atom. The largest absolute Gasteiger partial charge is 0.476 e. The van der Waals surface area contributed by atoms with E-state index in [0.717, 1.165) is 10.6 Å². The smallest absolute Gasteiger partial charge is 0.358 e. The number of benzene rings is 1. The van der Waals surface area contributed by atoms with E-state index in [1.807, 2.05) is 13.8 Å². The molecule has 0 amide bonds. The minimum Gasteiger partial charge on any atom is -0.476 e. The molecule has 1 aromatic carbocycles. The lowest BCUT2D eigenvalue weighted by molar-refractivity contribution is 0.0691. The van der Waals surface area contributed by atoms with Gasteiger partial charge in [-0.2, -0.15) is 4.68 Å². The van der Waals surface area contributed by atoms with Crippen molar-refractivity contribution in [2.45, 2.75) is 13.8 Å². The first-order chi connectivity index (χ1) is 10.5. The zero-order valence-electron chi connectivity index (χ0n) is 11.7. The number of halogens is 1. The highest BCUT2D eigenvalue weighted by atomic mass is 32.1. The number of aromatic carboxylic acids is 1. The van der Waals surface area contributed by atoms with Gasteiger partial charge in [0, 0.05) is 10.4 Å². The monoisotopic (exact) mass is 318 g/mol. The average molecular weight is 318 g/mol. The molecule has 3 aromatic rings. The molecule has 0 fully saturated rings. The summed E-state index contributed by atoms with van der Waals surface area (Å²) in [5.74, 6) is -1.60. The molecule has 6 nitrogen and oxygen atoms in total. The van der Waals surface area contributed by atoms with Crippen LogP contribution in [-0.2, 0) is 0 Å². The number of nitrogens with zero attached hydrogens (tertiary/aromatic N) is 4. The summed E-state index contributed by atoms with van der Waals surface area (Å²) in [6.07, 6.45) is 0.